The van der Waals surface area contributed by atoms with Crippen molar-refractivity contribution in [2.75, 3.05) is 5.32 Å². The van der Waals surface area contributed by atoms with Gasteiger partial charge in [-0.05, 0) is 31.5 Å². The highest BCUT2D eigenvalue weighted by molar-refractivity contribution is 9.10. The van der Waals surface area contributed by atoms with Crippen LogP contribution in [0.1, 0.15) is 51.5 Å². The van der Waals surface area contributed by atoms with Crippen LogP contribution in [-0.2, 0) is 0 Å². The average Bonchev–Trinajstić information content (AvgIpc) is 2.34. The number of anilines is 1. The molecular weight excluding hydrogens is 320 g/mol. The summed E-state index contributed by atoms with van der Waals surface area (Å²) in [5.74, 6) is 0. The van der Waals surface area contributed by atoms with Crippen molar-refractivity contribution >= 4 is 38.8 Å². The van der Waals surface area contributed by atoms with E-state index in [1.54, 1.807) is 0 Å². The molecule has 1 atom stereocenters. The van der Waals surface area contributed by atoms with Crippen LogP contribution in [0.5, 0.6) is 0 Å². The van der Waals surface area contributed by atoms with Gasteiger partial charge in [-0.1, -0.05) is 60.8 Å². The van der Waals surface area contributed by atoms with Crippen LogP contribution in [0.3, 0.4) is 0 Å². The SMILES string of the molecule is CCCCCCC(C)Nc1cc(Br)ccc1C(N)=S. The van der Waals surface area contributed by atoms with Crippen molar-refractivity contribution in [2.24, 2.45) is 5.73 Å². The highest BCUT2D eigenvalue weighted by atomic mass is 79.9. The average molecular weight is 343 g/mol. The first-order chi connectivity index (χ1) is 9.04. The van der Waals surface area contributed by atoms with E-state index in [4.69, 9.17) is 18.0 Å². The van der Waals surface area contributed by atoms with Crippen molar-refractivity contribution in [3.05, 3.63) is 28.2 Å². The molecule has 0 aliphatic rings. The first-order valence-electron chi connectivity index (χ1n) is 6.90. The normalized spacial score (nSPS) is 12.2. The lowest BCUT2D eigenvalue weighted by molar-refractivity contribution is 0.594. The molecule has 0 fully saturated rings. The van der Waals surface area contributed by atoms with Gasteiger partial charge in [0.05, 0.1) is 0 Å². The molecule has 3 N–H and O–H groups in total. The van der Waals surface area contributed by atoms with Gasteiger partial charge in [-0.15, -0.1) is 0 Å². The Kier molecular flexibility index (Phi) is 7.39. The van der Waals surface area contributed by atoms with Crippen molar-refractivity contribution in [2.45, 2.75) is 52.0 Å². The number of hydrogen-bond donors (Lipinski definition) is 2. The monoisotopic (exact) mass is 342 g/mol. The molecule has 0 aliphatic carbocycles. The lowest BCUT2D eigenvalue weighted by Gasteiger charge is -2.18. The van der Waals surface area contributed by atoms with E-state index in [0.29, 0.717) is 11.0 Å². The number of rotatable bonds is 8. The standard InChI is InChI=1S/C15H23BrN2S/c1-3-4-5-6-7-11(2)18-14-10-12(16)8-9-13(14)15(17)19/h8-11,18H,3-7H2,1-2H3,(H2,17,19). The van der Waals surface area contributed by atoms with Crippen LogP contribution >= 0.6 is 28.1 Å². The number of hydrogen-bond acceptors (Lipinski definition) is 2. The summed E-state index contributed by atoms with van der Waals surface area (Å²) in [6.07, 6.45) is 6.34. The second kappa shape index (κ2) is 8.54. The number of unbranched alkanes of at least 4 members (excludes halogenated alkanes) is 3. The van der Waals surface area contributed by atoms with E-state index in [2.05, 4.69) is 35.1 Å². The second-order valence-electron chi connectivity index (χ2n) is 4.95. The fraction of sp³-hybridized carbons (Fsp3) is 0.533. The fourth-order valence-electron chi connectivity index (χ4n) is 2.07. The van der Waals surface area contributed by atoms with E-state index < -0.39 is 0 Å². The Bertz CT molecular complexity index is 421. The van der Waals surface area contributed by atoms with Gasteiger partial charge in [0, 0.05) is 21.8 Å². The van der Waals surface area contributed by atoms with E-state index in [1.807, 2.05) is 18.2 Å². The summed E-state index contributed by atoms with van der Waals surface area (Å²) in [4.78, 5) is 0.438. The molecule has 19 heavy (non-hydrogen) atoms. The van der Waals surface area contributed by atoms with E-state index in [9.17, 15) is 0 Å². The van der Waals surface area contributed by atoms with Crippen molar-refractivity contribution in [1.82, 2.24) is 0 Å². The predicted molar refractivity (Wildman–Crippen MR) is 91.9 cm³/mol. The molecule has 0 radical (unpaired) electrons. The Balaban J connectivity index is 2.60. The van der Waals surface area contributed by atoms with Crippen molar-refractivity contribution in [3.8, 4) is 0 Å². The minimum atomic E-state index is 0.430. The van der Waals surface area contributed by atoms with Crippen LogP contribution in [0.25, 0.3) is 0 Å². The highest BCUT2D eigenvalue weighted by Crippen LogP contribution is 2.23. The molecule has 0 saturated heterocycles. The summed E-state index contributed by atoms with van der Waals surface area (Å²) in [6.45, 7) is 4.44. The van der Waals surface area contributed by atoms with Gasteiger partial charge in [0.25, 0.3) is 0 Å². The van der Waals surface area contributed by atoms with Crippen molar-refractivity contribution < 1.29 is 0 Å². The van der Waals surface area contributed by atoms with Gasteiger partial charge in [0.2, 0.25) is 0 Å². The van der Waals surface area contributed by atoms with Gasteiger partial charge < -0.3 is 11.1 Å². The molecule has 4 heteroatoms. The van der Waals surface area contributed by atoms with Gasteiger partial charge in [-0.3, -0.25) is 0 Å². The Morgan fingerprint density at radius 3 is 2.74 bits per heavy atom. The summed E-state index contributed by atoms with van der Waals surface area (Å²) in [5.41, 5.74) is 7.69. The van der Waals surface area contributed by atoms with E-state index in [0.717, 1.165) is 15.7 Å². The van der Waals surface area contributed by atoms with Crippen LogP contribution in [-0.4, -0.2) is 11.0 Å². The molecule has 0 amide bonds. The summed E-state index contributed by atoms with van der Waals surface area (Å²) in [6, 6.07) is 6.39. The Labute approximate surface area is 130 Å². The molecule has 0 aromatic heterocycles. The largest absolute Gasteiger partial charge is 0.389 e. The molecule has 0 aliphatic heterocycles. The zero-order chi connectivity index (χ0) is 14.3. The van der Waals surface area contributed by atoms with Crippen molar-refractivity contribution in [3.63, 3.8) is 0 Å². The molecule has 2 nitrogen and oxygen atoms in total. The lowest BCUT2D eigenvalue weighted by atomic mass is 10.1. The summed E-state index contributed by atoms with van der Waals surface area (Å²) < 4.78 is 1.04. The number of halogens is 1. The van der Waals surface area contributed by atoms with E-state index >= 15 is 0 Å². The van der Waals surface area contributed by atoms with Crippen LogP contribution in [0.15, 0.2) is 22.7 Å². The Morgan fingerprint density at radius 1 is 1.37 bits per heavy atom. The second-order valence-corrected chi connectivity index (χ2v) is 6.30. The molecule has 1 aromatic rings. The minimum absolute atomic E-state index is 0.430. The molecule has 1 unspecified atom stereocenters. The van der Waals surface area contributed by atoms with E-state index in [-0.39, 0.29) is 0 Å². The number of nitrogens with one attached hydrogen (secondary N) is 1. The van der Waals surface area contributed by atoms with Crippen LogP contribution < -0.4 is 11.1 Å². The lowest BCUT2D eigenvalue weighted by Crippen LogP contribution is -2.19. The van der Waals surface area contributed by atoms with Gasteiger partial charge in [-0.2, -0.15) is 0 Å². The van der Waals surface area contributed by atoms with E-state index in [1.165, 1.54) is 32.1 Å². The Hall–Kier alpha value is -0.610. The summed E-state index contributed by atoms with van der Waals surface area (Å²) in [5, 5.41) is 3.51. The maximum Gasteiger partial charge on any atom is 0.106 e. The molecule has 0 saturated carbocycles. The first-order valence-corrected chi connectivity index (χ1v) is 8.10. The smallest absolute Gasteiger partial charge is 0.106 e. The number of nitrogens with two attached hydrogens (primary N) is 1. The van der Waals surface area contributed by atoms with Gasteiger partial charge in [-0.25, -0.2) is 0 Å². The number of thiocarbonyl (C=S) groups is 1. The Morgan fingerprint density at radius 2 is 2.11 bits per heavy atom. The fourth-order valence-corrected chi connectivity index (χ4v) is 2.60. The van der Waals surface area contributed by atoms with Crippen LogP contribution in [0.4, 0.5) is 5.69 Å². The quantitative estimate of drug-likeness (QED) is 0.523. The first kappa shape index (κ1) is 16.4. The topological polar surface area (TPSA) is 38.0 Å². The number of benzene rings is 1. The third kappa shape index (κ3) is 5.91. The maximum absolute atomic E-state index is 5.76. The molecular formula is C15H23BrN2S. The highest BCUT2D eigenvalue weighted by Gasteiger charge is 2.09. The molecule has 106 valence electrons. The van der Waals surface area contributed by atoms with Gasteiger partial charge in [0.15, 0.2) is 0 Å². The zero-order valence-corrected chi connectivity index (χ0v) is 14.1. The van der Waals surface area contributed by atoms with Gasteiger partial charge in [0.1, 0.15) is 4.99 Å². The summed E-state index contributed by atoms with van der Waals surface area (Å²) in [7, 11) is 0. The molecule has 0 spiro atoms. The maximum atomic E-state index is 5.76. The van der Waals surface area contributed by atoms with Crippen LogP contribution in [0, 0.1) is 0 Å². The molecule has 0 bridgehead atoms. The van der Waals surface area contributed by atoms with Crippen molar-refractivity contribution in [1.29, 1.82) is 0 Å². The van der Waals surface area contributed by atoms with Crippen LogP contribution in [0.2, 0.25) is 0 Å². The molecule has 1 rings (SSSR count). The zero-order valence-electron chi connectivity index (χ0n) is 11.7. The predicted octanol–water partition coefficient (Wildman–Crippen LogP) is 4.85. The molecule has 0 heterocycles. The minimum Gasteiger partial charge on any atom is -0.389 e. The third-order valence-corrected chi connectivity index (χ3v) is 3.85. The molecule has 1 aromatic carbocycles. The third-order valence-electron chi connectivity index (χ3n) is 3.14. The van der Waals surface area contributed by atoms with Gasteiger partial charge >= 0.3 is 0 Å². The summed E-state index contributed by atoms with van der Waals surface area (Å²) >= 11 is 8.57.